The molecule has 2 rings (SSSR count). The van der Waals surface area contributed by atoms with E-state index >= 15 is 0 Å². The van der Waals surface area contributed by atoms with E-state index in [0.717, 1.165) is 12.0 Å². The van der Waals surface area contributed by atoms with Crippen molar-refractivity contribution in [1.29, 1.82) is 0 Å². The minimum atomic E-state index is 0.946. The van der Waals surface area contributed by atoms with Crippen LogP contribution in [0.4, 0.5) is 0 Å². The predicted octanol–water partition coefficient (Wildman–Crippen LogP) is 4.22. The topological polar surface area (TPSA) is 3.24 Å². The first-order valence-electron chi connectivity index (χ1n) is 7.64. The highest BCUT2D eigenvalue weighted by molar-refractivity contribution is 4.81. The number of unbranched alkanes of at least 4 members (excludes halogenated alkanes) is 1. The predicted molar refractivity (Wildman–Crippen MR) is 70.7 cm³/mol. The maximum atomic E-state index is 2.83. The fourth-order valence-electron chi connectivity index (χ4n) is 3.60. The summed E-state index contributed by atoms with van der Waals surface area (Å²) in [6, 6.07) is 0.946. The SMILES string of the molecule is CCCCC1CCCN1CC1CCCCC1. The molecule has 0 N–H and O–H groups in total. The summed E-state index contributed by atoms with van der Waals surface area (Å²) in [5, 5.41) is 0. The van der Waals surface area contributed by atoms with Gasteiger partial charge < -0.3 is 4.90 Å². The molecular weight excluding hydrogens is 194 g/mol. The van der Waals surface area contributed by atoms with E-state index < -0.39 is 0 Å². The zero-order valence-corrected chi connectivity index (χ0v) is 11.1. The molecule has 0 aromatic carbocycles. The molecular formula is C15H29N. The second kappa shape index (κ2) is 6.64. The molecule has 1 nitrogen and oxygen atoms in total. The van der Waals surface area contributed by atoms with Crippen molar-refractivity contribution in [3.05, 3.63) is 0 Å². The average Bonchev–Trinajstić information content (AvgIpc) is 2.75. The van der Waals surface area contributed by atoms with Crippen molar-refractivity contribution < 1.29 is 0 Å². The van der Waals surface area contributed by atoms with Gasteiger partial charge >= 0.3 is 0 Å². The lowest BCUT2D eigenvalue weighted by atomic mass is 9.88. The number of nitrogens with zero attached hydrogens (tertiary/aromatic N) is 1. The molecule has 0 amide bonds. The zero-order chi connectivity index (χ0) is 11.2. The van der Waals surface area contributed by atoms with Crippen LogP contribution in [0.2, 0.25) is 0 Å². The van der Waals surface area contributed by atoms with E-state index in [2.05, 4.69) is 11.8 Å². The highest BCUT2D eigenvalue weighted by Crippen LogP contribution is 2.28. The normalized spacial score (nSPS) is 28.7. The molecule has 2 fully saturated rings. The van der Waals surface area contributed by atoms with Gasteiger partial charge in [-0.15, -0.1) is 0 Å². The number of hydrogen-bond acceptors (Lipinski definition) is 1. The lowest BCUT2D eigenvalue weighted by Crippen LogP contribution is -2.34. The Morgan fingerprint density at radius 2 is 1.81 bits per heavy atom. The summed E-state index contributed by atoms with van der Waals surface area (Å²) in [6.07, 6.45) is 14.7. The molecule has 1 saturated heterocycles. The monoisotopic (exact) mass is 223 g/mol. The van der Waals surface area contributed by atoms with Gasteiger partial charge in [-0.05, 0) is 44.6 Å². The first kappa shape index (κ1) is 12.4. The van der Waals surface area contributed by atoms with Crippen molar-refractivity contribution in [3.63, 3.8) is 0 Å². The highest BCUT2D eigenvalue weighted by Gasteiger charge is 2.26. The second-order valence-corrected chi connectivity index (χ2v) is 5.94. The third kappa shape index (κ3) is 3.48. The summed E-state index contributed by atoms with van der Waals surface area (Å²) in [5.41, 5.74) is 0. The summed E-state index contributed by atoms with van der Waals surface area (Å²) in [6.45, 7) is 5.14. The van der Waals surface area contributed by atoms with Crippen LogP contribution in [0.5, 0.6) is 0 Å². The summed E-state index contributed by atoms with van der Waals surface area (Å²) in [4.78, 5) is 2.83. The Morgan fingerprint density at radius 1 is 1.00 bits per heavy atom. The average molecular weight is 223 g/mol. The van der Waals surface area contributed by atoms with Crippen molar-refractivity contribution >= 4 is 0 Å². The summed E-state index contributed by atoms with van der Waals surface area (Å²) in [5.74, 6) is 1.04. The van der Waals surface area contributed by atoms with Crippen LogP contribution in [-0.2, 0) is 0 Å². The lowest BCUT2D eigenvalue weighted by molar-refractivity contribution is 0.179. The third-order valence-corrected chi connectivity index (χ3v) is 4.61. The van der Waals surface area contributed by atoms with E-state index in [1.165, 1.54) is 77.3 Å². The molecule has 1 atom stereocenters. The molecule has 1 heterocycles. The van der Waals surface area contributed by atoms with Gasteiger partial charge in [0.25, 0.3) is 0 Å². The standard InChI is InChI=1S/C15H29N/c1-2-3-10-15-11-7-12-16(15)13-14-8-5-4-6-9-14/h14-15H,2-13H2,1H3. The van der Waals surface area contributed by atoms with E-state index in [0.29, 0.717) is 0 Å². The van der Waals surface area contributed by atoms with Gasteiger partial charge in [0.05, 0.1) is 0 Å². The van der Waals surface area contributed by atoms with Gasteiger partial charge in [0.15, 0.2) is 0 Å². The van der Waals surface area contributed by atoms with Crippen molar-refractivity contribution in [3.8, 4) is 0 Å². The quantitative estimate of drug-likeness (QED) is 0.674. The number of likely N-dealkylation sites (tertiary alicyclic amines) is 1. The van der Waals surface area contributed by atoms with Crippen molar-refractivity contribution in [2.45, 2.75) is 77.2 Å². The molecule has 1 heteroatoms. The van der Waals surface area contributed by atoms with Crippen LogP contribution in [0, 0.1) is 5.92 Å². The van der Waals surface area contributed by atoms with Gasteiger partial charge in [0.1, 0.15) is 0 Å². The van der Waals surface area contributed by atoms with Gasteiger partial charge in [-0.2, -0.15) is 0 Å². The lowest BCUT2D eigenvalue weighted by Gasteiger charge is -2.31. The Bertz CT molecular complexity index is 184. The molecule has 0 radical (unpaired) electrons. The van der Waals surface area contributed by atoms with Crippen LogP contribution < -0.4 is 0 Å². The van der Waals surface area contributed by atoms with E-state index in [-0.39, 0.29) is 0 Å². The zero-order valence-electron chi connectivity index (χ0n) is 11.1. The van der Waals surface area contributed by atoms with Crippen molar-refractivity contribution in [2.75, 3.05) is 13.1 Å². The molecule has 0 aromatic rings. The van der Waals surface area contributed by atoms with Crippen LogP contribution in [-0.4, -0.2) is 24.0 Å². The Balaban J connectivity index is 1.73. The van der Waals surface area contributed by atoms with E-state index in [1.54, 1.807) is 0 Å². The smallest absolute Gasteiger partial charge is 0.00958 e. The molecule has 0 bridgehead atoms. The molecule has 1 aliphatic heterocycles. The Morgan fingerprint density at radius 3 is 2.56 bits per heavy atom. The Kier molecular flexibility index (Phi) is 5.15. The molecule has 1 saturated carbocycles. The molecule has 1 aliphatic carbocycles. The van der Waals surface area contributed by atoms with E-state index in [4.69, 9.17) is 0 Å². The molecule has 94 valence electrons. The van der Waals surface area contributed by atoms with Crippen LogP contribution >= 0.6 is 0 Å². The van der Waals surface area contributed by atoms with Crippen LogP contribution in [0.1, 0.15) is 71.1 Å². The largest absolute Gasteiger partial charge is 0.300 e. The summed E-state index contributed by atoms with van der Waals surface area (Å²) < 4.78 is 0. The molecule has 1 unspecified atom stereocenters. The Hall–Kier alpha value is -0.0400. The first-order valence-corrected chi connectivity index (χ1v) is 7.64. The second-order valence-electron chi connectivity index (χ2n) is 5.94. The van der Waals surface area contributed by atoms with E-state index in [1.807, 2.05) is 0 Å². The molecule has 0 aromatic heterocycles. The highest BCUT2D eigenvalue weighted by atomic mass is 15.2. The van der Waals surface area contributed by atoms with Gasteiger partial charge in [-0.1, -0.05) is 39.0 Å². The van der Waals surface area contributed by atoms with Crippen molar-refractivity contribution in [2.24, 2.45) is 5.92 Å². The molecule has 0 spiro atoms. The van der Waals surface area contributed by atoms with Gasteiger partial charge in [0.2, 0.25) is 0 Å². The maximum absolute atomic E-state index is 2.83. The third-order valence-electron chi connectivity index (χ3n) is 4.61. The Labute approximate surface area is 102 Å². The first-order chi connectivity index (χ1) is 7.90. The fourth-order valence-corrected chi connectivity index (χ4v) is 3.60. The van der Waals surface area contributed by atoms with Crippen LogP contribution in [0.3, 0.4) is 0 Å². The van der Waals surface area contributed by atoms with Gasteiger partial charge in [-0.25, -0.2) is 0 Å². The van der Waals surface area contributed by atoms with Gasteiger partial charge in [0, 0.05) is 12.6 Å². The van der Waals surface area contributed by atoms with Crippen LogP contribution in [0.25, 0.3) is 0 Å². The fraction of sp³-hybridized carbons (Fsp3) is 1.00. The minimum Gasteiger partial charge on any atom is -0.300 e. The number of rotatable bonds is 5. The maximum Gasteiger partial charge on any atom is 0.00958 e. The minimum absolute atomic E-state index is 0.946. The number of hydrogen-bond donors (Lipinski definition) is 0. The molecule has 2 aliphatic rings. The van der Waals surface area contributed by atoms with Crippen molar-refractivity contribution in [1.82, 2.24) is 4.90 Å². The summed E-state index contributed by atoms with van der Waals surface area (Å²) in [7, 11) is 0. The van der Waals surface area contributed by atoms with E-state index in [9.17, 15) is 0 Å². The summed E-state index contributed by atoms with van der Waals surface area (Å²) >= 11 is 0. The van der Waals surface area contributed by atoms with Gasteiger partial charge in [-0.3, -0.25) is 0 Å². The van der Waals surface area contributed by atoms with Crippen LogP contribution in [0.15, 0.2) is 0 Å². The molecule has 16 heavy (non-hydrogen) atoms.